The van der Waals surface area contributed by atoms with Crippen molar-refractivity contribution in [1.82, 2.24) is 16.0 Å². The van der Waals surface area contributed by atoms with Gasteiger partial charge in [0, 0.05) is 27.2 Å². The summed E-state index contributed by atoms with van der Waals surface area (Å²) in [6.45, 7) is -1.72. The first-order chi connectivity index (χ1) is 39.7. The minimum absolute atomic E-state index is 0.852. The first-order valence-corrected chi connectivity index (χ1v) is 27.6. The highest BCUT2D eigenvalue weighted by Crippen LogP contribution is 2.40. The molecule has 0 bridgehead atoms. The third-order valence-corrected chi connectivity index (χ3v) is 15.2. The maximum atomic E-state index is 13.1. The number of carbonyl (C=O) groups excluding carboxylic acids is 3. The molecule has 0 saturated carbocycles. The van der Waals surface area contributed by atoms with Gasteiger partial charge in [-0.3, -0.25) is 18.9 Å². The lowest BCUT2D eigenvalue weighted by molar-refractivity contribution is -0.383. The fourth-order valence-corrected chi connectivity index (χ4v) is 10.7. The van der Waals surface area contributed by atoms with E-state index in [2.05, 4.69) is 20.1 Å². The van der Waals surface area contributed by atoms with Gasteiger partial charge in [-0.1, -0.05) is 0 Å². The summed E-state index contributed by atoms with van der Waals surface area (Å²) in [5.74, 6) is -8.12. The first-order valence-electron chi connectivity index (χ1n) is 26.2. The number of aliphatic hydroxyl groups excluding tert-OH is 16. The molecule has 85 heavy (non-hydrogen) atoms. The van der Waals surface area contributed by atoms with E-state index in [1.54, 1.807) is 0 Å². The number of rotatable bonds is 23. The number of hydrogen-bond acceptors (Lipinski definition) is 34. The topological polar surface area (TPSA) is 613 Å². The molecular weight excluding hydrogens is 1190 g/mol. The van der Waals surface area contributed by atoms with Gasteiger partial charge in [-0.2, -0.15) is 8.42 Å². The second kappa shape index (κ2) is 29.5. The smallest absolute Gasteiger partial charge is 0.397 e. The van der Waals surface area contributed by atoms with E-state index in [0.717, 1.165) is 20.8 Å². The second-order valence-corrected chi connectivity index (χ2v) is 22.0. The van der Waals surface area contributed by atoms with E-state index in [-0.39, 0.29) is 0 Å². The van der Waals surface area contributed by atoms with E-state index in [9.17, 15) is 119 Å². The van der Waals surface area contributed by atoms with E-state index in [1.807, 2.05) is 0 Å². The Hall–Kier alpha value is -3.33. The van der Waals surface area contributed by atoms with Gasteiger partial charge in [-0.25, -0.2) is 8.98 Å². The van der Waals surface area contributed by atoms with Crippen molar-refractivity contribution < 1.29 is 175 Å². The van der Waals surface area contributed by atoms with Gasteiger partial charge in [0.05, 0.1) is 51.3 Å². The number of ether oxygens (including phenoxy) is 11. The maximum Gasteiger partial charge on any atom is 0.397 e. The van der Waals surface area contributed by atoms with Crippen LogP contribution in [0.3, 0.4) is 0 Å². The molecule has 6 aliphatic heterocycles. The van der Waals surface area contributed by atoms with Crippen LogP contribution in [-0.4, -0.2) is 346 Å². The molecule has 6 rings (SSSR count). The van der Waals surface area contributed by atoms with Gasteiger partial charge in [0.2, 0.25) is 17.7 Å². The normalized spacial score (nSPS) is 45.2. The molecular formula is C45H75N3O36S. The lowest BCUT2D eigenvalue weighted by Gasteiger charge is -2.51. The molecule has 0 spiro atoms. The summed E-state index contributed by atoms with van der Waals surface area (Å²) in [5, 5.41) is 191. The molecule has 40 heteroatoms. The fourth-order valence-electron chi connectivity index (χ4n) is 10.4. The van der Waals surface area contributed by atoms with E-state index in [1.165, 1.54) is 6.92 Å². The lowest BCUT2D eigenvalue weighted by atomic mass is 9.88. The summed E-state index contributed by atoms with van der Waals surface area (Å²) in [7, 11) is -5.43. The van der Waals surface area contributed by atoms with E-state index >= 15 is 0 Å². The maximum absolute atomic E-state index is 13.1. The molecule has 3 amide bonds. The van der Waals surface area contributed by atoms with Crippen LogP contribution in [0.5, 0.6) is 0 Å². The number of carboxylic acids is 1. The Bertz CT molecular complexity index is 2340. The number of carbonyl (C=O) groups is 4. The molecule has 0 radical (unpaired) electrons. The molecule has 492 valence electrons. The zero-order valence-corrected chi connectivity index (χ0v) is 46.2. The van der Waals surface area contributed by atoms with Crippen LogP contribution < -0.4 is 16.0 Å². The third-order valence-electron chi connectivity index (χ3n) is 14.8. The number of nitrogens with one attached hydrogen (secondary N) is 3. The van der Waals surface area contributed by atoms with Gasteiger partial charge in [-0.15, -0.1) is 0 Å². The number of amides is 3. The van der Waals surface area contributed by atoms with Gasteiger partial charge in [0.1, 0.15) is 134 Å². The van der Waals surface area contributed by atoms with Gasteiger partial charge in [-0.05, 0) is 6.92 Å². The minimum atomic E-state index is -5.43. The van der Waals surface area contributed by atoms with Crippen molar-refractivity contribution in [2.75, 3.05) is 33.0 Å². The van der Waals surface area contributed by atoms with Crippen LogP contribution in [0, 0.1) is 0 Å². The molecule has 31 atom stereocenters. The average molecular weight is 1270 g/mol. The SMILES string of the molecule is CC(=O)N[C@@H]1[C@@H](O[C@@H]2O[C@H](CO)[C@H](O)[C@H](O[C@]3(C(=O)O)C[C@H](O)[C@@H](NC(C)=O)[C@H]([C@H](O)[C@H](O)CO)O3)[C@H]2O)[C@@H](O)[C@@H](CO[C@@H]2O[C@H](COS(=O)(=O)O)[C@@H](O[C@@H]3O[C@H](CO)[C@H](O)[C@H](O)[C@H]3O)[C@H](O[C@@H]3O[C@@H](C)[C@@H](O)[C@@H](O)[C@@H]3O)[C@H]2NC(C)=O)O[C@@H]1O. The number of hydrogen-bond donors (Lipinski definition) is 21. The van der Waals surface area contributed by atoms with E-state index in [4.69, 9.17) is 52.1 Å². The first kappa shape index (κ1) is 70.8. The molecule has 0 aromatic carbocycles. The summed E-state index contributed by atoms with van der Waals surface area (Å²) >= 11 is 0. The van der Waals surface area contributed by atoms with Crippen LogP contribution in [-0.2, 0) is 85.9 Å². The summed E-state index contributed by atoms with van der Waals surface area (Å²) < 4.78 is 102. The average Bonchev–Trinajstić information content (AvgIpc) is 1.34. The Morgan fingerprint density at radius 2 is 1.06 bits per heavy atom. The Kier molecular flexibility index (Phi) is 24.6. The van der Waals surface area contributed by atoms with Crippen molar-refractivity contribution >= 4 is 34.1 Å². The summed E-state index contributed by atoms with van der Waals surface area (Å²) in [5.41, 5.74) is 0. The third kappa shape index (κ3) is 16.4. The molecule has 21 N–H and O–H groups in total. The minimum Gasteiger partial charge on any atom is -0.477 e. The number of aliphatic hydroxyl groups is 16. The standard InChI is InChI=1S/C45H75N3O36S/c1-11-24(57)29(62)31(64)41(75-11)82-37-23(48-14(4)54)40(79-20(10-74-85(70,71)72)34(37)80-42-32(65)30(63)26(59)17(7-50)77-42)73-9-19-28(61)35(22(39(67)76-19)47-13(3)53)81-43-33(66)38(27(60)18(8-51)78-43)84-45(44(68)69)5-15(55)21(46-12(2)52)36(83-45)25(58)16(56)6-49/h11,15-43,49-51,55-67H,5-10H2,1-4H3,(H,46,52)(H,47,53)(H,48,54)(H,68,69)(H,70,71,72)/t11-,15-,16+,17+,18+,19+,20+,21+,22+,23+,24+,25+,26-,27-,28-,29+,30-,31-,32+,33+,34+,35+,36+,37+,38-,39-,40+,41-,42-,43-,45-/m0/s1. The molecule has 0 unspecified atom stereocenters. The Labute approximate surface area is 481 Å². The second-order valence-electron chi connectivity index (χ2n) is 20.9. The van der Waals surface area contributed by atoms with Gasteiger partial charge >= 0.3 is 16.4 Å². The fraction of sp³-hybridized carbons (Fsp3) is 0.911. The largest absolute Gasteiger partial charge is 0.477 e. The Morgan fingerprint density at radius 1 is 0.565 bits per heavy atom. The Morgan fingerprint density at radius 3 is 1.61 bits per heavy atom. The molecule has 6 fully saturated rings. The zero-order chi connectivity index (χ0) is 63.5. The van der Waals surface area contributed by atoms with Crippen LogP contribution in [0.2, 0.25) is 0 Å². The van der Waals surface area contributed by atoms with Crippen molar-refractivity contribution in [2.24, 2.45) is 0 Å². The van der Waals surface area contributed by atoms with Crippen molar-refractivity contribution in [1.29, 1.82) is 0 Å². The predicted octanol–water partition coefficient (Wildman–Crippen LogP) is -13.6. The Balaban J connectivity index is 1.34. The van der Waals surface area contributed by atoms with Crippen LogP contribution in [0.4, 0.5) is 0 Å². The zero-order valence-electron chi connectivity index (χ0n) is 45.4. The van der Waals surface area contributed by atoms with Crippen LogP contribution in [0.1, 0.15) is 34.1 Å². The highest BCUT2D eigenvalue weighted by molar-refractivity contribution is 7.80. The van der Waals surface area contributed by atoms with Crippen LogP contribution >= 0.6 is 0 Å². The monoisotopic (exact) mass is 1270 g/mol. The molecule has 39 nitrogen and oxygen atoms in total. The van der Waals surface area contributed by atoms with Crippen molar-refractivity contribution in [2.45, 2.75) is 224 Å². The van der Waals surface area contributed by atoms with Gasteiger partial charge in [0.15, 0.2) is 31.5 Å². The van der Waals surface area contributed by atoms with Crippen LogP contribution in [0.25, 0.3) is 0 Å². The van der Waals surface area contributed by atoms with E-state index in [0.29, 0.717) is 0 Å². The van der Waals surface area contributed by atoms with Gasteiger partial charge < -0.3 is 155 Å². The quantitative estimate of drug-likeness (QED) is 0.0422. The number of aliphatic carboxylic acids is 1. The molecule has 6 heterocycles. The van der Waals surface area contributed by atoms with Crippen LogP contribution in [0.15, 0.2) is 0 Å². The lowest BCUT2D eigenvalue weighted by Crippen LogP contribution is -2.71. The summed E-state index contributed by atoms with van der Waals surface area (Å²) in [6, 6.07) is -5.52. The molecule has 0 aliphatic carbocycles. The summed E-state index contributed by atoms with van der Waals surface area (Å²) in [6.07, 6.45) is -57.5. The predicted molar refractivity (Wildman–Crippen MR) is 260 cm³/mol. The van der Waals surface area contributed by atoms with Crippen molar-refractivity contribution in [3.05, 3.63) is 0 Å². The summed E-state index contributed by atoms with van der Waals surface area (Å²) in [4.78, 5) is 50.8. The highest BCUT2D eigenvalue weighted by atomic mass is 32.3. The molecule has 0 aromatic heterocycles. The molecule has 0 aromatic rings. The molecule has 6 aliphatic rings. The van der Waals surface area contributed by atoms with E-state index < -0.39 is 263 Å². The molecule has 6 saturated heterocycles. The van der Waals surface area contributed by atoms with Crippen molar-refractivity contribution in [3.8, 4) is 0 Å². The van der Waals surface area contributed by atoms with Gasteiger partial charge in [0.25, 0.3) is 5.79 Å². The highest BCUT2D eigenvalue weighted by Gasteiger charge is 2.61. The van der Waals surface area contributed by atoms with Crippen molar-refractivity contribution in [3.63, 3.8) is 0 Å². The number of carboxylic acid groups (broad SMARTS) is 1.